The highest BCUT2D eigenvalue weighted by Crippen LogP contribution is 2.25. The number of amides is 2. The highest BCUT2D eigenvalue weighted by Gasteiger charge is 2.32. The summed E-state index contributed by atoms with van der Waals surface area (Å²) in [5, 5.41) is 13.3. The summed E-state index contributed by atoms with van der Waals surface area (Å²) in [6, 6.07) is 15.1. The Morgan fingerprint density at radius 1 is 1.19 bits per heavy atom. The second-order valence-corrected chi connectivity index (χ2v) is 6.75. The van der Waals surface area contributed by atoms with Gasteiger partial charge >= 0.3 is 0 Å². The van der Waals surface area contributed by atoms with Crippen molar-refractivity contribution in [3.05, 3.63) is 70.4 Å². The fourth-order valence-electron chi connectivity index (χ4n) is 2.87. The fourth-order valence-corrected chi connectivity index (χ4v) is 3.00. The number of carbonyl (C=O) groups is 2. The monoisotopic (exact) mass is 370 g/mol. The van der Waals surface area contributed by atoms with E-state index in [1.54, 1.807) is 0 Å². The van der Waals surface area contributed by atoms with Crippen LogP contribution in [0.2, 0.25) is 5.02 Å². The highest BCUT2D eigenvalue weighted by atomic mass is 35.5. The molecule has 5 nitrogen and oxygen atoms in total. The zero-order chi connectivity index (χ0) is 18.8. The third-order valence-corrected chi connectivity index (χ3v) is 4.67. The third-order valence-electron chi connectivity index (χ3n) is 4.42. The van der Waals surface area contributed by atoms with Crippen molar-refractivity contribution in [2.75, 3.05) is 13.6 Å². The van der Waals surface area contributed by atoms with Crippen molar-refractivity contribution in [2.45, 2.75) is 13.0 Å². The molecular formula is C20H19ClN2O3. The number of hydrogen-bond donors (Lipinski definition) is 2. The maximum absolute atomic E-state index is 12.4. The van der Waals surface area contributed by atoms with Crippen molar-refractivity contribution in [2.24, 2.45) is 0 Å². The minimum Gasteiger partial charge on any atom is -0.503 e. The quantitative estimate of drug-likeness (QED) is 0.865. The molecule has 2 aromatic rings. The Bertz CT molecular complexity index is 890. The smallest absolute Gasteiger partial charge is 0.289 e. The molecule has 2 aromatic carbocycles. The molecule has 1 heterocycles. The van der Waals surface area contributed by atoms with Gasteiger partial charge in [-0.05, 0) is 41.8 Å². The lowest BCUT2D eigenvalue weighted by molar-refractivity contribution is -0.126. The van der Waals surface area contributed by atoms with Gasteiger partial charge in [0.25, 0.3) is 11.8 Å². The van der Waals surface area contributed by atoms with Crippen LogP contribution in [0.15, 0.2) is 59.9 Å². The number of aliphatic hydroxyl groups is 1. The van der Waals surface area contributed by atoms with Crippen molar-refractivity contribution in [1.29, 1.82) is 0 Å². The lowest BCUT2D eigenvalue weighted by Gasteiger charge is -2.16. The number of likely N-dealkylation sites (N-methyl/N-ethyl adjacent to an activating group) is 1. The first-order chi connectivity index (χ1) is 12.4. The molecule has 134 valence electrons. The van der Waals surface area contributed by atoms with Gasteiger partial charge in [-0.1, -0.05) is 41.9 Å². The summed E-state index contributed by atoms with van der Waals surface area (Å²) < 4.78 is 0. The van der Waals surface area contributed by atoms with Gasteiger partial charge in [0.15, 0.2) is 5.76 Å². The summed E-state index contributed by atoms with van der Waals surface area (Å²) in [7, 11) is 1.54. The summed E-state index contributed by atoms with van der Waals surface area (Å²) in [4.78, 5) is 25.3. The zero-order valence-corrected chi connectivity index (χ0v) is 15.2. The molecular weight excluding hydrogens is 352 g/mol. The van der Waals surface area contributed by atoms with E-state index in [9.17, 15) is 14.7 Å². The Morgan fingerprint density at radius 3 is 2.50 bits per heavy atom. The van der Waals surface area contributed by atoms with Crippen LogP contribution in [-0.4, -0.2) is 35.4 Å². The number of benzene rings is 2. The number of carbonyl (C=O) groups excluding carboxylic acids is 2. The Labute approximate surface area is 156 Å². The molecule has 1 aliphatic heterocycles. The average molecular weight is 371 g/mol. The summed E-state index contributed by atoms with van der Waals surface area (Å²) in [5.41, 5.74) is 3.05. The van der Waals surface area contributed by atoms with Crippen LogP contribution in [0.3, 0.4) is 0 Å². The number of nitrogens with one attached hydrogen (secondary N) is 1. The van der Waals surface area contributed by atoms with Gasteiger partial charge in [0.1, 0.15) is 0 Å². The SMILES string of the molecule is CC(NC(=O)C1=C(O)C(=O)N(C)C1)c1cccc(-c2ccc(Cl)cc2)c1. The molecule has 0 spiro atoms. The Kier molecular flexibility index (Phi) is 5.00. The van der Waals surface area contributed by atoms with E-state index in [1.165, 1.54) is 11.9 Å². The second-order valence-electron chi connectivity index (χ2n) is 6.32. The molecule has 1 atom stereocenters. The van der Waals surface area contributed by atoms with Gasteiger partial charge in [-0.25, -0.2) is 0 Å². The van der Waals surface area contributed by atoms with E-state index < -0.39 is 17.6 Å². The van der Waals surface area contributed by atoms with E-state index in [4.69, 9.17) is 11.6 Å². The normalized spacial score (nSPS) is 15.3. The van der Waals surface area contributed by atoms with Crippen LogP contribution in [0.25, 0.3) is 11.1 Å². The first-order valence-corrected chi connectivity index (χ1v) is 8.59. The molecule has 0 bridgehead atoms. The van der Waals surface area contributed by atoms with E-state index in [0.29, 0.717) is 5.02 Å². The lowest BCUT2D eigenvalue weighted by atomic mass is 10.00. The van der Waals surface area contributed by atoms with Crippen LogP contribution >= 0.6 is 11.6 Å². The van der Waals surface area contributed by atoms with Gasteiger partial charge < -0.3 is 15.3 Å². The van der Waals surface area contributed by atoms with Gasteiger partial charge in [-0.3, -0.25) is 9.59 Å². The zero-order valence-electron chi connectivity index (χ0n) is 14.5. The molecule has 3 rings (SSSR count). The molecule has 6 heteroatoms. The minimum atomic E-state index is -0.535. The van der Waals surface area contributed by atoms with Crippen LogP contribution in [0.1, 0.15) is 18.5 Å². The molecule has 0 radical (unpaired) electrons. The fraction of sp³-hybridized carbons (Fsp3) is 0.200. The van der Waals surface area contributed by atoms with E-state index >= 15 is 0 Å². The predicted octanol–water partition coefficient (Wildman–Crippen LogP) is 3.47. The van der Waals surface area contributed by atoms with Gasteiger partial charge in [0.05, 0.1) is 18.2 Å². The van der Waals surface area contributed by atoms with Crippen LogP contribution in [0.4, 0.5) is 0 Å². The minimum absolute atomic E-state index is 0.0956. The topological polar surface area (TPSA) is 69.6 Å². The summed E-state index contributed by atoms with van der Waals surface area (Å²) in [6.45, 7) is 1.96. The molecule has 2 N–H and O–H groups in total. The van der Waals surface area contributed by atoms with Crippen LogP contribution in [0.5, 0.6) is 0 Å². The first-order valence-electron chi connectivity index (χ1n) is 8.21. The van der Waals surface area contributed by atoms with Gasteiger partial charge in [-0.15, -0.1) is 0 Å². The number of hydrogen-bond acceptors (Lipinski definition) is 3. The molecule has 2 amide bonds. The lowest BCUT2D eigenvalue weighted by Crippen LogP contribution is -2.30. The summed E-state index contributed by atoms with van der Waals surface area (Å²) >= 11 is 5.93. The number of halogens is 1. The standard InChI is InChI=1S/C20H19ClN2O3/c1-12(22-19(25)17-11-23(2)20(26)18(17)24)14-4-3-5-15(10-14)13-6-8-16(21)9-7-13/h3-10,12,24H,11H2,1-2H3,(H,22,25). The molecule has 1 aliphatic rings. The second kappa shape index (κ2) is 7.22. The molecule has 0 fully saturated rings. The number of aliphatic hydroxyl groups excluding tert-OH is 1. The molecule has 0 saturated carbocycles. The van der Waals surface area contributed by atoms with Crippen LogP contribution in [-0.2, 0) is 9.59 Å². The Hall–Kier alpha value is -2.79. The molecule has 0 aliphatic carbocycles. The Morgan fingerprint density at radius 2 is 1.88 bits per heavy atom. The van der Waals surface area contributed by atoms with E-state index in [1.807, 2.05) is 55.5 Å². The largest absolute Gasteiger partial charge is 0.503 e. The predicted molar refractivity (Wildman–Crippen MR) is 101 cm³/mol. The number of nitrogens with zero attached hydrogens (tertiary/aromatic N) is 1. The van der Waals surface area contributed by atoms with E-state index in [2.05, 4.69) is 5.32 Å². The first kappa shape index (κ1) is 18.0. The molecule has 1 unspecified atom stereocenters. The average Bonchev–Trinajstić information content (AvgIpc) is 2.90. The molecule has 26 heavy (non-hydrogen) atoms. The van der Waals surface area contributed by atoms with Gasteiger partial charge in [0, 0.05) is 12.1 Å². The van der Waals surface area contributed by atoms with E-state index in [0.717, 1.165) is 16.7 Å². The van der Waals surface area contributed by atoms with Crippen molar-refractivity contribution >= 4 is 23.4 Å². The summed E-state index contributed by atoms with van der Waals surface area (Å²) in [5.74, 6) is -1.45. The van der Waals surface area contributed by atoms with Gasteiger partial charge in [0.2, 0.25) is 0 Å². The number of rotatable bonds is 4. The maximum atomic E-state index is 12.4. The van der Waals surface area contributed by atoms with E-state index in [-0.39, 0.29) is 18.2 Å². The summed E-state index contributed by atoms with van der Waals surface area (Å²) in [6.07, 6.45) is 0. The maximum Gasteiger partial charge on any atom is 0.289 e. The van der Waals surface area contributed by atoms with Crippen molar-refractivity contribution in [3.63, 3.8) is 0 Å². The molecule has 0 saturated heterocycles. The van der Waals surface area contributed by atoms with Gasteiger partial charge in [-0.2, -0.15) is 0 Å². The van der Waals surface area contributed by atoms with Crippen molar-refractivity contribution < 1.29 is 14.7 Å². The highest BCUT2D eigenvalue weighted by molar-refractivity contribution is 6.30. The Balaban J connectivity index is 1.77. The molecule has 0 aromatic heterocycles. The van der Waals surface area contributed by atoms with Crippen molar-refractivity contribution in [1.82, 2.24) is 10.2 Å². The van der Waals surface area contributed by atoms with Crippen LogP contribution < -0.4 is 5.32 Å². The third kappa shape index (κ3) is 3.58. The van der Waals surface area contributed by atoms with Crippen molar-refractivity contribution in [3.8, 4) is 11.1 Å². The van der Waals surface area contributed by atoms with Crippen LogP contribution in [0, 0.1) is 0 Å².